The summed E-state index contributed by atoms with van der Waals surface area (Å²) < 4.78 is 0. The molecule has 5 rings (SSSR count). The molecule has 2 aromatic heterocycles. The zero-order chi connectivity index (χ0) is 22.2. The Morgan fingerprint density at radius 3 is 1.19 bits per heavy atom. The summed E-state index contributed by atoms with van der Waals surface area (Å²) in [5, 5.41) is 2.23. The van der Waals surface area contributed by atoms with Crippen LogP contribution in [-0.2, 0) is 0 Å². The standard InChI is InChI=1S/C28H26N4/c1-31(2)21-9-5-19(6-10-21)23-15-17-29-27-25(23)13-14-26-24(16-18-30-28(26)27)20-7-11-22(12-8-20)32(3)4/h5-18H,1-4H3. The van der Waals surface area contributed by atoms with Crippen molar-refractivity contribution in [2.75, 3.05) is 38.0 Å². The average Bonchev–Trinajstić information content (AvgIpc) is 2.83. The van der Waals surface area contributed by atoms with Crippen LogP contribution >= 0.6 is 0 Å². The Balaban J connectivity index is 1.66. The Hall–Kier alpha value is -3.92. The maximum absolute atomic E-state index is 4.74. The summed E-state index contributed by atoms with van der Waals surface area (Å²) in [6.07, 6.45) is 3.77. The normalized spacial score (nSPS) is 11.1. The Kier molecular flexibility index (Phi) is 4.98. The highest BCUT2D eigenvalue weighted by atomic mass is 15.1. The molecule has 0 saturated heterocycles. The maximum Gasteiger partial charge on any atom is 0.0970 e. The summed E-state index contributed by atoms with van der Waals surface area (Å²) in [7, 11) is 8.22. The van der Waals surface area contributed by atoms with Crippen molar-refractivity contribution in [3.05, 3.63) is 85.2 Å². The third-order valence-corrected chi connectivity index (χ3v) is 6.01. The molecule has 0 unspecified atom stereocenters. The minimum Gasteiger partial charge on any atom is -0.378 e. The predicted octanol–water partition coefficient (Wildman–Crippen LogP) is 6.25. The first-order chi connectivity index (χ1) is 15.5. The first-order valence-electron chi connectivity index (χ1n) is 10.7. The van der Waals surface area contributed by atoms with Gasteiger partial charge in [-0.1, -0.05) is 36.4 Å². The molecule has 0 saturated carbocycles. The summed E-state index contributed by atoms with van der Waals surface area (Å²) in [5.74, 6) is 0. The number of hydrogen-bond acceptors (Lipinski definition) is 4. The molecule has 0 aliphatic heterocycles. The molecule has 4 nitrogen and oxygen atoms in total. The van der Waals surface area contributed by atoms with Crippen molar-refractivity contribution < 1.29 is 0 Å². The number of pyridine rings is 2. The zero-order valence-corrected chi connectivity index (χ0v) is 18.9. The van der Waals surface area contributed by atoms with Gasteiger partial charge >= 0.3 is 0 Å². The van der Waals surface area contributed by atoms with Crippen LogP contribution in [0.25, 0.3) is 44.1 Å². The molecule has 0 amide bonds. The predicted molar refractivity (Wildman–Crippen MR) is 137 cm³/mol. The lowest BCUT2D eigenvalue weighted by Crippen LogP contribution is -2.07. The quantitative estimate of drug-likeness (QED) is 0.323. The van der Waals surface area contributed by atoms with Crippen LogP contribution in [0.4, 0.5) is 11.4 Å². The summed E-state index contributed by atoms with van der Waals surface area (Å²) in [4.78, 5) is 13.7. The first-order valence-corrected chi connectivity index (χ1v) is 10.7. The van der Waals surface area contributed by atoms with Crippen molar-refractivity contribution in [2.45, 2.75) is 0 Å². The number of nitrogens with zero attached hydrogens (tertiary/aromatic N) is 4. The summed E-state index contributed by atoms with van der Waals surface area (Å²) in [6, 6.07) is 25.8. The first kappa shape index (κ1) is 20.0. The molecular formula is C28H26N4. The zero-order valence-electron chi connectivity index (χ0n) is 18.9. The second-order valence-electron chi connectivity index (χ2n) is 8.46. The molecule has 0 fully saturated rings. The number of aromatic nitrogens is 2. The molecular weight excluding hydrogens is 392 g/mol. The second-order valence-corrected chi connectivity index (χ2v) is 8.46. The highest BCUT2D eigenvalue weighted by molar-refractivity contribution is 6.11. The molecule has 0 aliphatic rings. The van der Waals surface area contributed by atoms with Gasteiger partial charge < -0.3 is 9.80 Å². The SMILES string of the molecule is CN(C)c1ccc(-c2ccnc3c2ccc2c(-c4ccc(N(C)C)cc4)ccnc23)cc1. The molecule has 158 valence electrons. The topological polar surface area (TPSA) is 32.3 Å². The van der Waals surface area contributed by atoms with Crippen molar-refractivity contribution in [3.63, 3.8) is 0 Å². The molecule has 0 aliphatic carbocycles. The lowest BCUT2D eigenvalue weighted by molar-refractivity contribution is 1.13. The highest BCUT2D eigenvalue weighted by Crippen LogP contribution is 2.35. The van der Waals surface area contributed by atoms with E-state index < -0.39 is 0 Å². The van der Waals surface area contributed by atoms with Crippen LogP contribution in [0, 0.1) is 0 Å². The van der Waals surface area contributed by atoms with E-state index >= 15 is 0 Å². The number of rotatable bonds is 4. The van der Waals surface area contributed by atoms with Gasteiger partial charge in [-0.15, -0.1) is 0 Å². The van der Waals surface area contributed by atoms with Gasteiger partial charge in [0.1, 0.15) is 0 Å². The minimum atomic E-state index is 0.934. The molecule has 32 heavy (non-hydrogen) atoms. The van der Waals surface area contributed by atoms with Crippen molar-refractivity contribution >= 4 is 33.2 Å². The summed E-state index contributed by atoms with van der Waals surface area (Å²) in [6.45, 7) is 0. The van der Waals surface area contributed by atoms with Gasteiger partial charge in [0.05, 0.1) is 11.0 Å². The van der Waals surface area contributed by atoms with Crippen LogP contribution < -0.4 is 9.80 Å². The lowest BCUT2D eigenvalue weighted by Gasteiger charge is -2.15. The highest BCUT2D eigenvalue weighted by Gasteiger charge is 2.12. The van der Waals surface area contributed by atoms with E-state index in [0.717, 1.165) is 21.8 Å². The van der Waals surface area contributed by atoms with Gasteiger partial charge in [0.15, 0.2) is 0 Å². The van der Waals surface area contributed by atoms with Gasteiger partial charge in [0.25, 0.3) is 0 Å². The molecule has 3 aromatic carbocycles. The van der Waals surface area contributed by atoms with Gasteiger partial charge in [-0.2, -0.15) is 0 Å². The fraction of sp³-hybridized carbons (Fsp3) is 0.143. The maximum atomic E-state index is 4.74. The van der Waals surface area contributed by atoms with Crippen LogP contribution in [0.2, 0.25) is 0 Å². The molecule has 0 bridgehead atoms. The van der Waals surface area contributed by atoms with Crippen LogP contribution in [-0.4, -0.2) is 38.2 Å². The fourth-order valence-corrected chi connectivity index (χ4v) is 4.21. The molecule has 0 N–H and O–H groups in total. The van der Waals surface area contributed by atoms with Gasteiger partial charge in [-0.3, -0.25) is 9.97 Å². The minimum absolute atomic E-state index is 0.934. The second kappa shape index (κ2) is 7.97. The van der Waals surface area contributed by atoms with Gasteiger partial charge in [-0.25, -0.2) is 0 Å². The molecule has 0 atom stereocenters. The summed E-state index contributed by atoms with van der Waals surface area (Å²) >= 11 is 0. The van der Waals surface area contributed by atoms with Crippen molar-refractivity contribution in [1.82, 2.24) is 9.97 Å². The molecule has 5 aromatic rings. The Morgan fingerprint density at radius 2 is 0.844 bits per heavy atom. The molecule has 0 radical (unpaired) electrons. The van der Waals surface area contributed by atoms with E-state index in [2.05, 4.69) is 111 Å². The van der Waals surface area contributed by atoms with Crippen LogP contribution in [0.5, 0.6) is 0 Å². The van der Waals surface area contributed by atoms with E-state index in [1.807, 2.05) is 12.4 Å². The van der Waals surface area contributed by atoms with Gasteiger partial charge in [0.2, 0.25) is 0 Å². The van der Waals surface area contributed by atoms with Crippen molar-refractivity contribution in [2.24, 2.45) is 0 Å². The largest absolute Gasteiger partial charge is 0.378 e. The van der Waals surface area contributed by atoms with E-state index in [-0.39, 0.29) is 0 Å². The van der Waals surface area contributed by atoms with Gasteiger partial charge in [-0.05, 0) is 58.7 Å². The fourth-order valence-electron chi connectivity index (χ4n) is 4.21. The van der Waals surface area contributed by atoms with E-state index in [9.17, 15) is 0 Å². The van der Waals surface area contributed by atoms with E-state index in [1.54, 1.807) is 0 Å². The monoisotopic (exact) mass is 418 g/mol. The van der Waals surface area contributed by atoms with Crippen molar-refractivity contribution in [3.8, 4) is 22.3 Å². The smallest absolute Gasteiger partial charge is 0.0970 e. The third kappa shape index (κ3) is 3.44. The Morgan fingerprint density at radius 1 is 0.469 bits per heavy atom. The number of anilines is 2. The number of benzene rings is 3. The van der Waals surface area contributed by atoms with Crippen LogP contribution in [0.3, 0.4) is 0 Å². The lowest BCUT2D eigenvalue weighted by atomic mass is 9.96. The van der Waals surface area contributed by atoms with E-state index in [0.29, 0.717) is 0 Å². The number of hydrogen-bond donors (Lipinski definition) is 0. The average molecular weight is 419 g/mol. The van der Waals surface area contributed by atoms with E-state index in [1.165, 1.54) is 33.6 Å². The molecule has 2 heterocycles. The van der Waals surface area contributed by atoms with Crippen molar-refractivity contribution in [1.29, 1.82) is 0 Å². The van der Waals surface area contributed by atoms with Gasteiger partial charge in [0, 0.05) is 62.7 Å². The Bertz CT molecular complexity index is 1290. The van der Waals surface area contributed by atoms with Crippen LogP contribution in [0.15, 0.2) is 85.2 Å². The van der Waals surface area contributed by atoms with Crippen LogP contribution in [0.1, 0.15) is 0 Å². The molecule has 4 heteroatoms. The Labute approximate surface area is 188 Å². The summed E-state index contributed by atoms with van der Waals surface area (Å²) in [5.41, 5.74) is 8.94. The van der Waals surface area contributed by atoms with E-state index in [4.69, 9.17) is 9.97 Å². The number of fused-ring (bicyclic) bond motifs is 3. The molecule has 0 spiro atoms. The third-order valence-electron chi connectivity index (χ3n) is 6.01.